The van der Waals surface area contributed by atoms with Crippen LogP contribution in [0.25, 0.3) is 0 Å². The van der Waals surface area contributed by atoms with E-state index in [0.717, 1.165) is 24.3 Å². The highest BCUT2D eigenvalue weighted by atomic mass is 16.4. The number of hydrogen-bond donors (Lipinski definition) is 0. The summed E-state index contributed by atoms with van der Waals surface area (Å²) < 4.78 is 5.41. The number of piperazine rings is 1. The van der Waals surface area contributed by atoms with Gasteiger partial charge in [-0.2, -0.15) is 0 Å². The largest absolute Gasteiger partial charge is 0.424 e. The van der Waals surface area contributed by atoms with Crippen LogP contribution in [0.4, 0.5) is 5.69 Å². The summed E-state index contributed by atoms with van der Waals surface area (Å²) >= 11 is 0. The van der Waals surface area contributed by atoms with Gasteiger partial charge in [-0.05, 0) is 24.3 Å². The van der Waals surface area contributed by atoms with E-state index in [2.05, 4.69) is 15.1 Å². The third-order valence-corrected chi connectivity index (χ3v) is 4.22. The molecule has 0 bridgehead atoms. The second-order valence-electron chi connectivity index (χ2n) is 6.22. The Morgan fingerprint density at radius 2 is 1.79 bits per heavy atom. The van der Waals surface area contributed by atoms with Gasteiger partial charge >= 0.3 is 0 Å². The molecule has 1 aliphatic rings. The molecule has 0 spiro atoms. The maximum Gasteiger partial charge on any atom is 0.253 e. The number of nitrogens with zero attached hydrogens (tertiary/aromatic N) is 5. The number of benzene rings is 1. The molecule has 0 atom stereocenters. The number of aryl methyl sites for hydroxylation is 1. The first kappa shape index (κ1) is 16.4. The number of carbonyl (C=O) groups is 1. The lowest BCUT2D eigenvalue weighted by Crippen LogP contribution is -2.48. The van der Waals surface area contributed by atoms with Crippen LogP contribution >= 0.6 is 0 Å². The van der Waals surface area contributed by atoms with Gasteiger partial charge < -0.3 is 14.2 Å². The van der Waals surface area contributed by atoms with Gasteiger partial charge in [0.05, 0.1) is 6.54 Å². The van der Waals surface area contributed by atoms with Crippen LogP contribution in [-0.4, -0.2) is 66.2 Å². The Labute approximate surface area is 141 Å². The molecule has 2 aromatic rings. The summed E-state index contributed by atoms with van der Waals surface area (Å²) in [6.45, 7) is 5.46. The molecule has 7 nitrogen and oxygen atoms in total. The minimum atomic E-state index is 0.0913. The molecule has 0 saturated carbocycles. The lowest BCUT2D eigenvalue weighted by atomic mass is 10.1. The van der Waals surface area contributed by atoms with Crippen LogP contribution in [0, 0.1) is 6.92 Å². The number of rotatable bonds is 4. The Bertz CT molecular complexity index is 687. The van der Waals surface area contributed by atoms with Gasteiger partial charge in [0.25, 0.3) is 5.91 Å². The van der Waals surface area contributed by atoms with E-state index < -0.39 is 0 Å². The van der Waals surface area contributed by atoms with Crippen LogP contribution in [0.15, 0.2) is 28.7 Å². The lowest BCUT2D eigenvalue weighted by Gasteiger charge is -2.34. The van der Waals surface area contributed by atoms with Crippen LogP contribution in [0.2, 0.25) is 0 Å². The van der Waals surface area contributed by atoms with Crippen molar-refractivity contribution in [2.45, 2.75) is 13.5 Å². The van der Waals surface area contributed by atoms with Crippen molar-refractivity contribution in [3.63, 3.8) is 0 Å². The Balaban J connectivity index is 1.54. The minimum absolute atomic E-state index is 0.0913. The lowest BCUT2D eigenvalue weighted by molar-refractivity contribution is 0.0618. The third-order valence-electron chi connectivity index (χ3n) is 4.22. The molecule has 128 valence electrons. The Morgan fingerprint density at radius 3 is 2.33 bits per heavy atom. The van der Waals surface area contributed by atoms with E-state index >= 15 is 0 Å². The normalized spacial score (nSPS) is 15.5. The molecule has 1 saturated heterocycles. The Hall–Kier alpha value is -2.41. The molecule has 0 aliphatic carbocycles. The van der Waals surface area contributed by atoms with Crippen LogP contribution < -0.4 is 4.90 Å². The molecule has 24 heavy (non-hydrogen) atoms. The maximum absolute atomic E-state index is 12.6. The second kappa shape index (κ2) is 7.00. The van der Waals surface area contributed by atoms with E-state index in [-0.39, 0.29) is 5.91 Å². The zero-order valence-electron chi connectivity index (χ0n) is 14.4. The Morgan fingerprint density at radius 1 is 1.12 bits per heavy atom. The monoisotopic (exact) mass is 329 g/mol. The second-order valence-corrected chi connectivity index (χ2v) is 6.22. The van der Waals surface area contributed by atoms with Gasteiger partial charge in [-0.3, -0.25) is 9.69 Å². The zero-order valence-corrected chi connectivity index (χ0v) is 14.4. The molecule has 1 amide bonds. The molecule has 3 rings (SSSR count). The first-order valence-corrected chi connectivity index (χ1v) is 8.11. The van der Waals surface area contributed by atoms with E-state index in [1.807, 2.05) is 48.2 Å². The molecule has 1 aromatic carbocycles. The highest BCUT2D eigenvalue weighted by molar-refractivity contribution is 5.94. The van der Waals surface area contributed by atoms with Crippen molar-refractivity contribution >= 4 is 11.6 Å². The predicted molar refractivity (Wildman–Crippen MR) is 91.0 cm³/mol. The van der Waals surface area contributed by atoms with Gasteiger partial charge in [-0.25, -0.2) is 0 Å². The molecule has 0 unspecified atom stereocenters. The summed E-state index contributed by atoms with van der Waals surface area (Å²) in [5.74, 6) is 1.31. The van der Waals surface area contributed by atoms with Crippen molar-refractivity contribution in [3.05, 3.63) is 41.6 Å². The van der Waals surface area contributed by atoms with E-state index in [1.54, 1.807) is 6.92 Å². The van der Waals surface area contributed by atoms with Crippen molar-refractivity contribution in [3.8, 4) is 0 Å². The molecule has 1 aliphatic heterocycles. The van der Waals surface area contributed by atoms with Crippen LogP contribution in [-0.2, 0) is 6.54 Å². The summed E-state index contributed by atoms with van der Waals surface area (Å²) in [7, 11) is 3.97. The summed E-state index contributed by atoms with van der Waals surface area (Å²) in [6, 6.07) is 7.74. The molecule has 2 heterocycles. The molecule has 7 heteroatoms. The average Bonchev–Trinajstić information content (AvgIpc) is 3.00. The standard InChI is InChI=1S/C17H23N5O2/c1-13-18-19-16(24-13)12-21-8-10-22(11-9-21)17(23)14-4-6-15(7-5-14)20(2)3/h4-7H,8-12H2,1-3H3. The van der Waals surface area contributed by atoms with E-state index in [0.29, 0.717) is 31.4 Å². The minimum Gasteiger partial charge on any atom is -0.424 e. The first-order chi connectivity index (χ1) is 11.5. The number of hydrogen-bond acceptors (Lipinski definition) is 6. The smallest absolute Gasteiger partial charge is 0.253 e. The van der Waals surface area contributed by atoms with Crippen molar-refractivity contribution < 1.29 is 9.21 Å². The van der Waals surface area contributed by atoms with E-state index in [1.165, 1.54) is 0 Å². The summed E-state index contributed by atoms with van der Waals surface area (Å²) in [5.41, 5.74) is 1.83. The summed E-state index contributed by atoms with van der Waals surface area (Å²) in [6.07, 6.45) is 0. The maximum atomic E-state index is 12.6. The van der Waals surface area contributed by atoms with E-state index in [9.17, 15) is 4.79 Å². The number of carbonyl (C=O) groups excluding carboxylic acids is 1. The molecule has 1 fully saturated rings. The van der Waals surface area contributed by atoms with Gasteiger partial charge in [0, 0.05) is 58.4 Å². The van der Waals surface area contributed by atoms with Gasteiger partial charge in [-0.15, -0.1) is 10.2 Å². The predicted octanol–water partition coefficient (Wildman–Crippen LogP) is 1.40. The summed E-state index contributed by atoms with van der Waals surface area (Å²) in [5, 5.41) is 7.86. The highest BCUT2D eigenvalue weighted by Gasteiger charge is 2.23. The average molecular weight is 329 g/mol. The van der Waals surface area contributed by atoms with Gasteiger partial charge in [0.15, 0.2) is 0 Å². The van der Waals surface area contributed by atoms with Gasteiger partial charge in [0.2, 0.25) is 11.8 Å². The van der Waals surface area contributed by atoms with Crippen molar-refractivity contribution in [2.24, 2.45) is 0 Å². The molecule has 0 radical (unpaired) electrons. The fourth-order valence-electron chi connectivity index (χ4n) is 2.79. The molecular weight excluding hydrogens is 306 g/mol. The quantitative estimate of drug-likeness (QED) is 0.845. The van der Waals surface area contributed by atoms with Crippen LogP contribution in [0.3, 0.4) is 0 Å². The number of amides is 1. The van der Waals surface area contributed by atoms with Crippen molar-refractivity contribution in [1.82, 2.24) is 20.0 Å². The van der Waals surface area contributed by atoms with Gasteiger partial charge in [0.1, 0.15) is 0 Å². The molecular formula is C17H23N5O2. The SMILES string of the molecule is Cc1nnc(CN2CCN(C(=O)c3ccc(N(C)C)cc3)CC2)o1. The van der Waals surface area contributed by atoms with Crippen LogP contribution in [0.1, 0.15) is 22.1 Å². The third kappa shape index (κ3) is 3.73. The number of anilines is 1. The first-order valence-electron chi connectivity index (χ1n) is 8.11. The van der Waals surface area contributed by atoms with Gasteiger partial charge in [-0.1, -0.05) is 0 Å². The zero-order chi connectivity index (χ0) is 17.1. The fourth-order valence-corrected chi connectivity index (χ4v) is 2.79. The molecule has 1 aromatic heterocycles. The van der Waals surface area contributed by atoms with Crippen molar-refractivity contribution in [2.75, 3.05) is 45.2 Å². The molecule has 0 N–H and O–H groups in total. The van der Waals surface area contributed by atoms with E-state index in [4.69, 9.17) is 4.42 Å². The fraction of sp³-hybridized carbons (Fsp3) is 0.471. The number of aromatic nitrogens is 2. The van der Waals surface area contributed by atoms with Crippen molar-refractivity contribution in [1.29, 1.82) is 0 Å². The summed E-state index contributed by atoms with van der Waals surface area (Å²) in [4.78, 5) is 18.8. The topological polar surface area (TPSA) is 65.7 Å². The highest BCUT2D eigenvalue weighted by Crippen LogP contribution is 2.15. The Kier molecular flexibility index (Phi) is 4.80. The van der Waals surface area contributed by atoms with Crippen LogP contribution in [0.5, 0.6) is 0 Å².